The number of amides is 2. The van der Waals surface area contributed by atoms with Gasteiger partial charge in [-0.15, -0.1) is 10.2 Å². The Morgan fingerprint density at radius 3 is 2.48 bits per heavy atom. The van der Waals surface area contributed by atoms with Crippen molar-refractivity contribution in [2.45, 2.75) is 31.2 Å². The second-order valence-corrected chi connectivity index (χ2v) is 8.32. The Labute approximate surface area is 192 Å². The maximum atomic E-state index is 12.8. The van der Waals surface area contributed by atoms with Crippen LogP contribution in [0.2, 0.25) is 0 Å². The van der Waals surface area contributed by atoms with Gasteiger partial charge in [0.2, 0.25) is 5.91 Å². The summed E-state index contributed by atoms with van der Waals surface area (Å²) in [6, 6.07) is 11.2. The van der Waals surface area contributed by atoms with E-state index in [0.717, 1.165) is 29.5 Å². The monoisotopic (exact) mass is 477 g/mol. The second kappa shape index (κ2) is 10.1. The van der Waals surface area contributed by atoms with E-state index in [1.54, 1.807) is 30.7 Å². The number of aryl methyl sites for hydroxylation is 1. The van der Waals surface area contributed by atoms with E-state index in [2.05, 4.69) is 20.8 Å². The third-order valence-corrected chi connectivity index (χ3v) is 5.74. The van der Waals surface area contributed by atoms with Crippen molar-refractivity contribution in [3.05, 3.63) is 71.0 Å². The number of carbonyl (C=O) groups excluding carboxylic acids is 2. The van der Waals surface area contributed by atoms with E-state index in [0.29, 0.717) is 16.5 Å². The van der Waals surface area contributed by atoms with Crippen LogP contribution in [0.1, 0.15) is 40.3 Å². The minimum absolute atomic E-state index is 0.0570. The molecule has 0 spiro atoms. The predicted molar refractivity (Wildman–Crippen MR) is 119 cm³/mol. The highest BCUT2D eigenvalue weighted by Gasteiger charge is 2.30. The molecule has 0 aliphatic rings. The smallest absolute Gasteiger partial charge is 0.342 e. The van der Waals surface area contributed by atoms with Gasteiger partial charge in [0, 0.05) is 18.3 Å². The third-order valence-electron chi connectivity index (χ3n) is 4.72. The van der Waals surface area contributed by atoms with E-state index in [4.69, 9.17) is 0 Å². The van der Waals surface area contributed by atoms with Gasteiger partial charge in [0.15, 0.2) is 11.0 Å². The van der Waals surface area contributed by atoms with Crippen LogP contribution in [0, 0.1) is 6.92 Å². The maximum absolute atomic E-state index is 12.8. The largest absolute Gasteiger partial charge is 0.416 e. The first-order valence-electron chi connectivity index (χ1n) is 9.91. The van der Waals surface area contributed by atoms with Gasteiger partial charge in [-0.1, -0.05) is 35.5 Å². The highest BCUT2D eigenvalue weighted by atomic mass is 32.2. The topological polar surface area (TPSA) is 88.9 Å². The van der Waals surface area contributed by atoms with E-state index in [1.807, 2.05) is 19.1 Å². The highest BCUT2D eigenvalue weighted by Crippen LogP contribution is 2.30. The average Bonchev–Trinajstić information content (AvgIpc) is 3.12. The Bertz CT molecular complexity index is 1150. The summed E-state index contributed by atoms with van der Waals surface area (Å²) in [7, 11) is 1.71. The molecule has 1 aromatic heterocycles. The Morgan fingerprint density at radius 2 is 1.82 bits per heavy atom. The lowest BCUT2D eigenvalue weighted by Gasteiger charge is -2.14. The predicted octanol–water partition coefficient (Wildman–Crippen LogP) is 4.36. The average molecular weight is 478 g/mol. The lowest BCUT2D eigenvalue weighted by Crippen LogP contribution is -2.28. The molecule has 2 aromatic carbocycles. The SMILES string of the molecule is Cc1ccc(C(=O)N[C@@H](C)c2nnc(SCC(=O)Nc3cccc(C(F)(F)F)c3)n2C)cc1. The Morgan fingerprint density at radius 1 is 1.12 bits per heavy atom. The number of thioether (sulfide) groups is 1. The molecular formula is C22H22F3N5O2S. The van der Waals surface area contributed by atoms with Crippen LogP contribution in [0.5, 0.6) is 0 Å². The van der Waals surface area contributed by atoms with Crippen molar-refractivity contribution in [2.24, 2.45) is 7.05 Å². The number of hydrogen-bond donors (Lipinski definition) is 2. The first-order valence-corrected chi connectivity index (χ1v) is 10.9. The molecule has 0 unspecified atom stereocenters. The summed E-state index contributed by atoms with van der Waals surface area (Å²) in [5, 5.41) is 13.9. The molecule has 0 saturated carbocycles. The standard InChI is InChI=1S/C22H22F3N5O2S/c1-13-7-9-15(10-8-13)20(32)26-14(2)19-28-29-21(30(19)3)33-12-18(31)27-17-6-4-5-16(11-17)22(23,24)25/h4-11,14H,12H2,1-3H3,(H,26,32)(H,27,31)/t14-/m0/s1. The minimum atomic E-state index is -4.49. The van der Waals surface area contributed by atoms with Crippen molar-refractivity contribution < 1.29 is 22.8 Å². The van der Waals surface area contributed by atoms with Gasteiger partial charge in [0.1, 0.15) is 0 Å². The highest BCUT2D eigenvalue weighted by molar-refractivity contribution is 7.99. The van der Waals surface area contributed by atoms with Crippen molar-refractivity contribution in [3.8, 4) is 0 Å². The lowest BCUT2D eigenvalue weighted by molar-refractivity contribution is -0.137. The van der Waals surface area contributed by atoms with E-state index < -0.39 is 23.7 Å². The van der Waals surface area contributed by atoms with Crippen LogP contribution in [0.4, 0.5) is 18.9 Å². The summed E-state index contributed by atoms with van der Waals surface area (Å²) in [4.78, 5) is 24.6. The summed E-state index contributed by atoms with van der Waals surface area (Å²) in [5.74, 6) is -0.312. The number of alkyl halides is 3. The van der Waals surface area contributed by atoms with E-state index >= 15 is 0 Å². The fourth-order valence-electron chi connectivity index (χ4n) is 2.98. The maximum Gasteiger partial charge on any atom is 0.416 e. The van der Waals surface area contributed by atoms with Gasteiger partial charge in [0.25, 0.3) is 5.91 Å². The first kappa shape index (κ1) is 24.3. The zero-order valence-electron chi connectivity index (χ0n) is 18.1. The zero-order valence-corrected chi connectivity index (χ0v) is 18.9. The van der Waals surface area contributed by atoms with Crippen LogP contribution in [-0.4, -0.2) is 32.3 Å². The van der Waals surface area contributed by atoms with Gasteiger partial charge in [0.05, 0.1) is 17.4 Å². The van der Waals surface area contributed by atoms with Gasteiger partial charge in [-0.2, -0.15) is 13.2 Å². The molecule has 1 heterocycles. The fourth-order valence-corrected chi connectivity index (χ4v) is 3.70. The molecule has 0 saturated heterocycles. The molecule has 0 bridgehead atoms. The molecule has 0 fully saturated rings. The number of hydrogen-bond acceptors (Lipinski definition) is 5. The normalized spacial score (nSPS) is 12.3. The van der Waals surface area contributed by atoms with Crippen LogP contribution in [0.3, 0.4) is 0 Å². The second-order valence-electron chi connectivity index (χ2n) is 7.38. The summed E-state index contributed by atoms with van der Waals surface area (Å²) in [6.07, 6.45) is -4.49. The molecule has 3 aromatic rings. The van der Waals surface area contributed by atoms with E-state index in [1.165, 1.54) is 12.1 Å². The Hall–Kier alpha value is -3.34. The number of carbonyl (C=O) groups is 2. The van der Waals surface area contributed by atoms with Crippen LogP contribution in [0.25, 0.3) is 0 Å². The molecule has 33 heavy (non-hydrogen) atoms. The van der Waals surface area contributed by atoms with Crippen molar-refractivity contribution in [1.29, 1.82) is 0 Å². The third kappa shape index (κ3) is 6.35. The number of halogens is 3. The Balaban J connectivity index is 1.57. The quantitative estimate of drug-likeness (QED) is 0.494. The zero-order chi connectivity index (χ0) is 24.2. The minimum Gasteiger partial charge on any atom is -0.342 e. The molecule has 3 rings (SSSR count). The van der Waals surface area contributed by atoms with Gasteiger partial charge in [-0.05, 0) is 44.2 Å². The molecule has 0 aliphatic heterocycles. The summed E-state index contributed by atoms with van der Waals surface area (Å²) < 4.78 is 40.1. The summed E-state index contributed by atoms with van der Waals surface area (Å²) >= 11 is 1.08. The molecule has 2 N–H and O–H groups in total. The van der Waals surface area contributed by atoms with Gasteiger partial charge < -0.3 is 15.2 Å². The number of anilines is 1. The summed E-state index contributed by atoms with van der Waals surface area (Å²) in [5.41, 5.74) is 0.788. The fraction of sp³-hybridized carbons (Fsp3) is 0.273. The summed E-state index contributed by atoms with van der Waals surface area (Å²) in [6.45, 7) is 3.70. The molecular weight excluding hydrogens is 455 g/mol. The Kier molecular flexibility index (Phi) is 7.42. The van der Waals surface area contributed by atoms with Crippen LogP contribution in [-0.2, 0) is 18.0 Å². The molecule has 0 aliphatic carbocycles. The lowest BCUT2D eigenvalue weighted by atomic mass is 10.1. The number of aromatic nitrogens is 3. The van der Waals surface area contributed by atoms with E-state index in [9.17, 15) is 22.8 Å². The van der Waals surface area contributed by atoms with Crippen LogP contribution in [0.15, 0.2) is 53.7 Å². The van der Waals surface area contributed by atoms with Gasteiger partial charge in [-0.3, -0.25) is 9.59 Å². The van der Waals surface area contributed by atoms with Crippen molar-refractivity contribution in [1.82, 2.24) is 20.1 Å². The molecule has 1 atom stereocenters. The molecule has 11 heteroatoms. The number of benzene rings is 2. The van der Waals surface area contributed by atoms with Crippen molar-refractivity contribution >= 4 is 29.3 Å². The van der Waals surface area contributed by atoms with E-state index in [-0.39, 0.29) is 17.3 Å². The molecule has 2 amide bonds. The number of nitrogens with one attached hydrogen (secondary N) is 2. The number of rotatable bonds is 7. The van der Waals surface area contributed by atoms with Crippen LogP contribution < -0.4 is 10.6 Å². The first-order chi connectivity index (χ1) is 15.5. The van der Waals surface area contributed by atoms with Gasteiger partial charge >= 0.3 is 6.18 Å². The van der Waals surface area contributed by atoms with Crippen molar-refractivity contribution in [3.63, 3.8) is 0 Å². The molecule has 7 nitrogen and oxygen atoms in total. The van der Waals surface area contributed by atoms with Crippen LogP contribution >= 0.6 is 11.8 Å². The van der Waals surface area contributed by atoms with Gasteiger partial charge in [-0.25, -0.2) is 0 Å². The molecule has 0 radical (unpaired) electrons. The number of nitrogens with zero attached hydrogens (tertiary/aromatic N) is 3. The molecule has 174 valence electrons. The van der Waals surface area contributed by atoms with Crippen molar-refractivity contribution in [2.75, 3.05) is 11.1 Å².